The normalized spacial score (nSPS) is 11.1. The highest BCUT2D eigenvalue weighted by Gasteiger charge is 2.30. The van der Waals surface area contributed by atoms with Gasteiger partial charge in [0.25, 0.3) is 0 Å². The number of amides is 2. The van der Waals surface area contributed by atoms with Gasteiger partial charge in [-0.15, -0.1) is 0 Å². The molecule has 7 heteroatoms. The Labute approximate surface area is 149 Å². The fraction of sp³-hybridized carbons (Fsp3) is 0.263. The summed E-state index contributed by atoms with van der Waals surface area (Å²) in [6.07, 6.45) is -4.51. The van der Waals surface area contributed by atoms with Crippen LogP contribution in [0.3, 0.4) is 0 Å². The number of rotatable bonds is 5. The van der Waals surface area contributed by atoms with E-state index in [4.69, 9.17) is 0 Å². The number of halogens is 3. The van der Waals surface area contributed by atoms with E-state index in [1.165, 1.54) is 24.0 Å². The van der Waals surface area contributed by atoms with Gasteiger partial charge in [-0.1, -0.05) is 24.3 Å². The molecule has 26 heavy (non-hydrogen) atoms. The van der Waals surface area contributed by atoms with Crippen LogP contribution in [0.2, 0.25) is 0 Å². The molecule has 0 aromatic heterocycles. The number of benzene rings is 2. The Balaban J connectivity index is 2.03. The first kappa shape index (κ1) is 19.5. The molecule has 2 rings (SSSR count). The largest absolute Gasteiger partial charge is 0.416 e. The van der Waals surface area contributed by atoms with E-state index < -0.39 is 17.6 Å². The highest BCUT2D eigenvalue weighted by atomic mass is 19.4. The second-order valence-electron chi connectivity index (χ2n) is 5.83. The zero-order valence-electron chi connectivity index (χ0n) is 14.4. The van der Waals surface area contributed by atoms with Gasteiger partial charge in [-0.05, 0) is 36.8 Å². The van der Waals surface area contributed by atoms with Crippen molar-refractivity contribution in [3.8, 4) is 0 Å². The van der Waals surface area contributed by atoms with Crippen molar-refractivity contribution < 1.29 is 22.8 Å². The van der Waals surface area contributed by atoms with E-state index in [9.17, 15) is 22.8 Å². The van der Waals surface area contributed by atoms with Gasteiger partial charge in [0.2, 0.25) is 11.8 Å². The molecule has 0 atom stereocenters. The van der Waals surface area contributed by atoms with Gasteiger partial charge in [-0.25, -0.2) is 0 Å². The van der Waals surface area contributed by atoms with Crippen LogP contribution in [0.1, 0.15) is 24.5 Å². The van der Waals surface area contributed by atoms with Gasteiger partial charge in [-0.3, -0.25) is 9.59 Å². The Morgan fingerprint density at radius 3 is 2.38 bits per heavy atom. The van der Waals surface area contributed by atoms with Crippen LogP contribution >= 0.6 is 0 Å². The molecule has 0 aliphatic heterocycles. The molecule has 0 radical (unpaired) electrons. The van der Waals surface area contributed by atoms with Crippen LogP contribution in [0, 0.1) is 6.92 Å². The van der Waals surface area contributed by atoms with Crippen LogP contribution in [0.25, 0.3) is 0 Å². The van der Waals surface area contributed by atoms with Gasteiger partial charge in [-0.2, -0.15) is 13.2 Å². The number of nitrogens with zero attached hydrogens (tertiary/aromatic N) is 1. The number of anilines is 2. The standard InChI is InChI=1S/C19H19F3N2O2/c1-13-6-3-4-9-17(13)24(14(2)25)11-10-18(26)23-16-8-5-7-15(12-16)19(20,21)22/h3-9,12H,10-11H2,1-2H3,(H,23,26). The average molecular weight is 364 g/mol. The van der Waals surface area contributed by atoms with Gasteiger partial charge in [0.15, 0.2) is 0 Å². The van der Waals surface area contributed by atoms with E-state index in [0.29, 0.717) is 5.69 Å². The van der Waals surface area contributed by atoms with Crippen LogP contribution in [0.4, 0.5) is 24.5 Å². The van der Waals surface area contributed by atoms with Gasteiger partial charge in [0, 0.05) is 31.3 Å². The van der Waals surface area contributed by atoms with E-state index in [1.807, 2.05) is 19.1 Å². The SMILES string of the molecule is CC(=O)N(CCC(=O)Nc1cccc(C(F)(F)F)c1)c1ccccc1C. The lowest BCUT2D eigenvalue weighted by atomic mass is 10.1. The Kier molecular flexibility index (Phi) is 6.02. The van der Waals surface area contributed by atoms with Crippen LogP contribution in [0.15, 0.2) is 48.5 Å². The lowest BCUT2D eigenvalue weighted by molar-refractivity contribution is -0.137. The predicted molar refractivity (Wildman–Crippen MR) is 93.9 cm³/mol. The summed E-state index contributed by atoms with van der Waals surface area (Å²) in [4.78, 5) is 25.5. The molecule has 0 aliphatic carbocycles. The molecule has 138 valence electrons. The number of alkyl halides is 3. The zero-order valence-corrected chi connectivity index (χ0v) is 14.4. The lowest BCUT2D eigenvalue weighted by Gasteiger charge is -2.22. The van der Waals surface area contributed by atoms with E-state index in [-0.39, 0.29) is 24.6 Å². The van der Waals surface area contributed by atoms with Crippen LogP contribution < -0.4 is 10.2 Å². The van der Waals surface area contributed by atoms with E-state index in [2.05, 4.69) is 5.32 Å². The third kappa shape index (κ3) is 5.08. The molecule has 0 aliphatic rings. The number of carbonyl (C=O) groups excluding carboxylic acids is 2. The van der Waals surface area contributed by atoms with Gasteiger partial charge in [0.05, 0.1) is 5.56 Å². The quantitative estimate of drug-likeness (QED) is 0.855. The highest BCUT2D eigenvalue weighted by molar-refractivity contribution is 5.95. The first-order valence-electron chi connectivity index (χ1n) is 7.99. The number of aryl methyl sites for hydroxylation is 1. The predicted octanol–water partition coefficient (Wildman–Crippen LogP) is 4.40. The average Bonchev–Trinajstić information content (AvgIpc) is 2.56. The molecular weight excluding hydrogens is 345 g/mol. The first-order chi connectivity index (χ1) is 12.2. The number of para-hydroxylation sites is 1. The van der Waals surface area contributed by atoms with Crippen molar-refractivity contribution >= 4 is 23.2 Å². The van der Waals surface area contributed by atoms with Crippen molar-refractivity contribution in [1.82, 2.24) is 0 Å². The van der Waals surface area contributed by atoms with Gasteiger partial charge >= 0.3 is 6.18 Å². The molecular formula is C19H19F3N2O2. The summed E-state index contributed by atoms with van der Waals surface area (Å²) in [7, 11) is 0. The number of nitrogens with one attached hydrogen (secondary N) is 1. The third-order valence-corrected chi connectivity index (χ3v) is 3.82. The minimum atomic E-state index is -4.48. The maximum atomic E-state index is 12.7. The fourth-order valence-corrected chi connectivity index (χ4v) is 2.52. The maximum absolute atomic E-state index is 12.7. The topological polar surface area (TPSA) is 49.4 Å². The second kappa shape index (κ2) is 8.03. The molecule has 0 saturated heterocycles. The zero-order chi connectivity index (χ0) is 19.3. The van der Waals surface area contributed by atoms with Crippen molar-refractivity contribution in [3.05, 3.63) is 59.7 Å². The van der Waals surface area contributed by atoms with Crippen LogP contribution in [-0.4, -0.2) is 18.4 Å². The minimum Gasteiger partial charge on any atom is -0.326 e. The fourth-order valence-electron chi connectivity index (χ4n) is 2.52. The molecule has 2 amide bonds. The Bertz CT molecular complexity index is 803. The van der Waals surface area contributed by atoms with Crippen molar-refractivity contribution in [2.45, 2.75) is 26.4 Å². The summed E-state index contributed by atoms with van der Waals surface area (Å²) in [5.74, 6) is -0.685. The second-order valence-corrected chi connectivity index (χ2v) is 5.83. The summed E-state index contributed by atoms with van der Waals surface area (Å²) < 4.78 is 38.2. The monoisotopic (exact) mass is 364 g/mol. The third-order valence-electron chi connectivity index (χ3n) is 3.82. The number of hydrogen-bond acceptors (Lipinski definition) is 2. The molecule has 2 aromatic carbocycles. The summed E-state index contributed by atoms with van der Waals surface area (Å²) in [5, 5.41) is 2.44. The van der Waals surface area contributed by atoms with E-state index in [0.717, 1.165) is 17.7 Å². The Morgan fingerprint density at radius 1 is 1.08 bits per heavy atom. The minimum absolute atomic E-state index is 0.0375. The maximum Gasteiger partial charge on any atom is 0.416 e. The molecule has 0 fully saturated rings. The summed E-state index contributed by atoms with van der Waals surface area (Å²) in [5.41, 5.74) is 0.823. The summed E-state index contributed by atoms with van der Waals surface area (Å²) in [6, 6.07) is 11.7. The molecule has 0 saturated carbocycles. The molecule has 1 N–H and O–H groups in total. The Hall–Kier alpha value is -2.83. The van der Waals surface area contributed by atoms with E-state index in [1.54, 1.807) is 12.1 Å². The van der Waals surface area contributed by atoms with E-state index >= 15 is 0 Å². The van der Waals surface area contributed by atoms with Crippen LogP contribution in [-0.2, 0) is 15.8 Å². The van der Waals surface area contributed by atoms with Crippen LogP contribution in [0.5, 0.6) is 0 Å². The number of hydrogen-bond donors (Lipinski definition) is 1. The summed E-state index contributed by atoms with van der Waals surface area (Å²) in [6.45, 7) is 3.39. The lowest BCUT2D eigenvalue weighted by Crippen LogP contribution is -2.32. The molecule has 2 aromatic rings. The Morgan fingerprint density at radius 2 is 1.77 bits per heavy atom. The van der Waals surface area contributed by atoms with Crippen molar-refractivity contribution in [1.29, 1.82) is 0 Å². The van der Waals surface area contributed by atoms with Crippen molar-refractivity contribution in [3.63, 3.8) is 0 Å². The van der Waals surface area contributed by atoms with Crippen molar-refractivity contribution in [2.75, 3.05) is 16.8 Å². The van der Waals surface area contributed by atoms with Gasteiger partial charge in [0.1, 0.15) is 0 Å². The smallest absolute Gasteiger partial charge is 0.326 e. The molecule has 0 spiro atoms. The first-order valence-corrected chi connectivity index (χ1v) is 7.99. The molecule has 0 unspecified atom stereocenters. The van der Waals surface area contributed by atoms with Gasteiger partial charge < -0.3 is 10.2 Å². The molecule has 4 nitrogen and oxygen atoms in total. The molecule has 0 bridgehead atoms. The highest BCUT2D eigenvalue weighted by Crippen LogP contribution is 2.30. The molecule has 0 heterocycles. The summed E-state index contributed by atoms with van der Waals surface area (Å²) >= 11 is 0. The van der Waals surface area contributed by atoms with Crippen molar-refractivity contribution in [2.24, 2.45) is 0 Å². The number of carbonyl (C=O) groups is 2.